The van der Waals surface area contributed by atoms with Crippen molar-refractivity contribution in [1.29, 1.82) is 0 Å². The summed E-state index contributed by atoms with van der Waals surface area (Å²) in [7, 11) is 0. The van der Waals surface area contributed by atoms with Crippen molar-refractivity contribution < 1.29 is 14.3 Å². The lowest BCUT2D eigenvalue weighted by atomic mass is 10.1. The molecule has 5 heteroatoms. The maximum atomic E-state index is 11.5. The Morgan fingerprint density at radius 1 is 1.26 bits per heavy atom. The summed E-state index contributed by atoms with van der Waals surface area (Å²) in [5, 5.41) is 0. The van der Waals surface area contributed by atoms with E-state index in [1.54, 1.807) is 12.2 Å². The van der Waals surface area contributed by atoms with E-state index in [0.29, 0.717) is 13.2 Å². The zero-order valence-electron chi connectivity index (χ0n) is 11.6. The van der Waals surface area contributed by atoms with Crippen LogP contribution in [0.3, 0.4) is 0 Å². The highest BCUT2D eigenvalue weighted by Gasteiger charge is 2.06. The molecule has 108 valence electrons. The van der Waals surface area contributed by atoms with Crippen molar-refractivity contribution >= 4 is 5.97 Å². The average molecular weight is 268 g/mol. The van der Waals surface area contributed by atoms with Crippen molar-refractivity contribution in [2.24, 2.45) is 5.73 Å². The van der Waals surface area contributed by atoms with E-state index in [0.717, 1.165) is 13.1 Å². The third kappa shape index (κ3) is 6.86. The van der Waals surface area contributed by atoms with Gasteiger partial charge in [0.1, 0.15) is 12.3 Å². The van der Waals surface area contributed by atoms with E-state index in [2.05, 4.69) is 4.90 Å². The van der Waals surface area contributed by atoms with E-state index in [1.165, 1.54) is 19.3 Å². The van der Waals surface area contributed by atoms with E-state index in [9.17, 15) is 4.79 Å². The number of allylic oxidation sites excluding steroid dienone is 2. The summed E-state index contributed by atoms with van der Waals surface area (Å²) in [5.41, 5.74) is 5.74. The molecule has 0 aromatic rings. The number of rotatable bonds is 7. The second kappa shape index (κ2) is 9.44. The smallest absolute Gasteiger partial charge is 0.354 e. The van der Waals surface area contributed by atoms with Gasteiger partial charge >= 0.3 is 5.97 Å². The highest BCUT2D eigenvalue weighted by molar-refractivity contribution is 5.87. The minimum absolute atomic E-state index is 0.116. The molecule has 0 aromatic heterocycles. The van der Waals surface area contributed by atoms with Crippen LogP contribution in [-0.2, 0) is 14.3 Å². The molecule has 0 bridgehead atoms. The van der Waals surface area contributed by atoms with E-state index in [-0.39, 0.29) is 12.3 Å². The molecule has 1 aliphatic heterocycles. The Balaban J connectivity index is 2.26. The standard InChI is InChI=1S/C14H24N2O3/c1-2-18-11-12-19-14(17)13(15)7-6-10-16-8-4-3-5-9-16/h6-7,10H,2-5,8-9,11-12,15H2,1H3/b10-6+,13-7-. The van der Waals surface area contributed by atoms with Crippen molar-refractivity contribution in [3.63, 3.8) is 0 Å². The Bertz CT molecular complexity index is 321. The first-order chi connectivity index (χ1) is 9.24. The van der Waals surface area contributed by atoms with Gasteiger partial charge in [0, 0.05) is 19.7 Å². The summed E-state index contributed by atoms with van der Waals surface area (Å²) >= 11 is 0. The number of piperidine rings is 1. The number of nitrogens with zero attached hydrogens (tertiary/aromatic N) is 1. The highest BCUT2D eigenvalue weighted by Crippen LogP contribution is 2.08. The summed E-state index contributed by atoms with van der Waals surface area (Å²) in [6.07, 6.45) is 9.10. The van der Waals surface area contributed by atoms with Gasteiger partial charge < -0.3 is 20.1 Å². The predicted octanol–water partition coefficient (Wildman–Crippen LogP) is 1.41. The van der Waals surface area contributed by atoms with E-state index in [4.69, 9.17) is 15.2 Å². The number of hydrogen-bond donors (Lipinski definition) is 1. The van der Waals surface area contributed by atoms with Crippen molar-refractivity contribution in [2.75, 3.05) is 32.9 Å². The second-order valence-corrected chi connectivity index (χ2v) is 4.39. The maximum Gasteiger partial charge on any atom is 0.354 e. The lowest BCUT2D eigenvalue weighted by Gasteiger charge is -2.24. The molecular weight excluding hydrogens is 244 g/mol. The molecule has 0 atom stereocenters. The van der Waals surface area contributed by atoms with Crippen LogP contribution in [0, 0.1) is 0 Å². The maximum absolute atomic E-state index is 11.5. The molecule has 19 heavy (non-hydrogen) atoms. The van der Waals surface area contributed by atoms with Gasteiger partial charge in [0.15, 0.2) is 0 Å². The molecule has 0 unspecified atom stereocenters. The summed E-state index contributed by atoms with van der Waals surface area (Å²) in [6, 6.07) is 0. The topological polar surface area (TPSA) is 64.8 Å². The predicted molar refractivity (Wildman–Crippen MR) is 74.3 cm³/mol. The Hall–Kier alpha value is -1.49. The number of nitrogens with two attached hydrogens (primary N) is 1. The fraction of sp³-hybridized carbons (Fsp3) is 0.643. The number of hydrogen-bond acceptors (Lipinski definition) is 5. The number of carbonyl (C=O) groups is 1. The fourth-order valence-corrected chi connectivity index (χ4v) is 1.82. The monoisotopic (exact) mass is 268 g/mol. The lowest BCUT2D eigenvalue weighted by molar-refractivity contribution is -0.140. The van der Waals surface area contributed by atoms with E-state index in [1.807, 2.05) is 13.1 Å². The molecule has 1 rings (SSSR count). The zero-order valence-corrected chi connectivity index (χ0v) is 11.6. The van der Waals surface area contributed by atoms with Crippen LogP contribution in [0.4, 0.5) is 0 Å². The normalized spacial score (nSPS) is 16.9. The van der Waals surface area contributed by atoms with Gasteiger partial charge in [0.25, 0.3) is 0 Å². The SMILES string of the molecule is CCOCCOC(=O)/C(N)=C/C=C/N1CCCCC1. The number of likely N-dealkylation sites (tertiary alicyclic amines) is 1. The molecule has 1 fully saturated rings. The fourth-order valence-electron chi connectivity index (χ4n) is 1.82. The van der Waals surface area contributed by atoms with E-state index < -0.39 is 5.97 Å². The van der Waals surface area contributed by atoms with Crippen LogP contribution < -0.4 is 5.73 Å². The Morgan fingerprint density at radius 3 is 2.68 bits per heavy atom. The minimum Gasteiger partial charge on any atom is -0.459 e. The molecule has 1 heterocycles. The molecule has 0 radical (unpaired) electrons. The second-order valence-electron chi connectivity index (χ2n) is 4.39. The largest absolute Gasteiger partial charge is 0.459 e. The molecule has 2 N–H and O–H groups in total. The molecule has 0 spiro atoms. The Morgan fingerprint density at radius 2 is 2.00 bits per heavy atom. The van der Waals surface area contributed by atoms with Gasteiger partial charge in [-0.1, -0.05) is 0 Å². The summed E-state index contributed by atoms with van der Waals surface area (Å²) in [4.78, 5) is 13.7. The van der Waals surface area contributed by atoms with E-state index >= 15 is 0 Å². The molecule has 0 amide bonds. The van der Waals surface area contributed by atoms with Crippen molar-refractivity contribution in [3.05, 3.63) is 24.0 Å². The lowest BCUT2D eigenvalue weighted by Crippen LogP contribution is -2.24. The minimum atomic E-state index is -0.497. The van der Waals surface area contributed by atoms with Gasteiger partial charge in [0.2, 0.25) is 0 Å². The van der Waals surface area contributed by atoms with Gasteiger partial charge in [0.05, 0.1) is 6.61 Å². The van der Waals surface area contributed by atoms with Crippen LogP contribution >= 0.6 is 0 Å². The highest BCUT2D eigenvalue weighted by atomic mass is 16.6. The molecule has 1 aliphatic rings. The molecule has 0 aromatic carbocycles. The quantitative estimate of drug-likeness (QED) is 0.327. The van der Waals surface area contributed by atoms with Crippen molar-refractivity contribution in [3.8, 4) is 0 Å². The van der Waals surface area contributed by atoms with Crippen LogP contribution in [0.25, 0.3) is 0 Å². The first-order valence-electron chi connectivity index (χ1n) is 6.87. The van der Waals surface area contributed by atoms with Crippen LogP contribution in [0.2, 0.25) is 0 Å². The third-order valence-corrected chi connectivity index (χ3v) is 2.86. The number of carbonyl (C=O) groups excluding carboxylic acids is 1. The average Bonchev–Trinajstić information content (AvgIpc) is 2.44. The van der Waals surface area contributed by atoms with Crippen LogP contribution in [0.15, 0.2) is 24.0 Å². The molecule has 0 saturated carbocycles. The molecule has 1 saturated heterocycles. The summed E-state index contributed by atoms with van der Waals surface area (Å²) < 4.78 is 10.0. The van der Waals surface area contributed by atoms with Gasteiger partial charge in [-0.15, -0.1) is 0 Å². The Kier molecular flexibility index (Phi) is 7.74. The first-order valence-corrected chi connectivity index (χ1v) is 6.87. The first kappa shape index (κ1) is 15.6. The summed E-state index contributed by atoms with van der Waals surface area (Å²) in [6.45, 7) is 5.28. The molecule has 0 aliphatic carbocycles. The number of ether oxygens (including phenoxy) is 2. The van der Waals surface area contributed by atoms with Gasteiger partial charge in [-0.05, 0) is 44.5 Å². The van der Waals surface area contributed by atoms with Gasteiger partial charge in [-0.3, -0.25) is 0 Å². The number of esters is 1. The zero-order chi connectivity index (χ0) is 13.9. The Labute approximate surface area is 115 Å². The van der Waals surface area contributed by atoms with Gasteiger partial charge in [-0.2, -0.15) is 0 Å². The van der Waals surface area contributed by atoms with Gasteiger partial charge in [-0.25, -0.2) is 4.79 Å². The van der Waals surface area contributed by atoms with Crippen molar-refractivity contribution in [1.82, 2.24) is 4.90 Å². The van der Waals surface area contributed by atoms with Crippen LogP contribution in [0.5, 0.6) is 0 Å². The molecule has 5 nitrogen and oxygen atoms in total. The molecular formula is C14H24N2O3. The van der Waals surface area contributed by atoms with Crippen LogP contribution in [0.1, 0.15) is 26.2 Å². The third-order valence-electron chi connectivity index (χ3n) is 2.86. The summed E-state index contributed by atoms with van der Waals surface area (Å²) in [5.74, 6) is -0.497. The van der Waals surface area contributed by atoms with Crippen LogP contribution in [-0.4, -0.2) is 43.8 Å². The van der Waals surface area contributed by atoms with Crippen molar-refractivity contribution in [2.45, 2.75) is 26.2 Å².